The molecule has 102 valence electrons. The average Bonchev–Trinajstić information content (AvgIpc) is 2.43. The highest BCUT2D eigenvalue weighted by Crippen LogP contribution is 2.22. The highest BCUT2D eigenvalue weighted by Gasteiger charge is 2.09. The molecule has 0 aliphatic carbocycles. The number of ether oxygens (including phenoxy) is 2. The number of rotatable bonds is 9. The van der Waals surface area contributed by atoms with Gasteiger partial charge in [0.2, 0.25) is 0 Å². The summed E-state index contributed by atoms with van der Waals surface area (Å²) in [4.78, 5) is 0. The van der Waals surface area contributed by atoms with Crippen molar-refractivity contribution in [1.29, 1.82) is 0 Å². The fraction of sp³-hybridized carbons (Fsp3) is 0.571. The molecule has 4 heteroatoms. The quantitative estimate of drug-likeness (QED) is 0.698. The van der Waals surface area contributed by atoms with Crippen molar-refractivity contribution in [2.45, 2.75) is 12.5 Å². The molecular weight excluding hydrogens is 246 g/mol. The van der Waals surface area contributed by atoms with E-state index in [0.29, 0.717) is 6.04 Å². The Balaban J connectivity index is 2.44. The molecule has 0 saturated carbocycles. The Morgan fingerprint density at radius 2 is 2.17 bits per heavy atom. The molecule has 1 aromatic carbocycles. The molecule has 18 heavy (non-hydrogen) atoms. The predicted molar refractivity (Wildman–Crippen MR) is 78.6 cm³/mol. The molecule has 1 N–H and O–H groups in total. The zero-order chi connectivity index (χ0) is 13.2. The van der Waals surface area contributed by atoms with E-state index in [-0.39, 0.29) is 0 Å². The minimum atomic E-state index is 0.368. The Labute approximate surface area is 114 Å². The van der Waals surface area contributed by atoms with Crippen LogP contribution in [0, 0.1) is 0 Å². The molecule has 0 saturated heterocycles. The smallest absolute Gasteiger partial charge is 0.119 e. The predicted octanol–water partition coefficient (Wildman–Crippen LogP) is 2.73. The Morgan fingerprint density at radius 3 is 2.83 bits per heavy atom. The first-order valence-electron chi connectivity index (χ1n) is 6.19. The highest BCUT2D eigenvalue weighted by molar-refractivity contribution is 7.99. The van der Waals surface area contributed by atoms with Crippen molar-refractivity contribution >= 4 is 11.8 Å². The zero-order valence-corrected chi connectivity index (χ0v) is 12.3. The van der Waals surface area contributed by atoms with E-state index >= 15 is 0 Å². The molecule has 0 fully saturated rings. The number of hydrogen-bond donors (Lipinski definition) is 1. The maximum Gasteiger partial charge on any atom is 0.119 e. The minimum absolute atomic E-state index is 0.368. The van der Waals surface area contributed by atoms with Gasteiger partial charge in [-0.15, -0.1) is 0 Å². The van der Waals surface area contributed by atoms with Crippen LogP contribution in [0.5, 0.6) is 5.75 Å². The van der Waals surface area contributed by atoms with Crippen molar-refractivity contribution < 1.29 is 9.47 Å². The van der Waals surface area contributed by atoms with Crippen LogP contribution < -0.4 is 10.1 Å². The first kappa shape index (κ1) is 15.3. The molecule has 0 amide bonds. The van der Waals surface area contributed by atoms with Crippen molar-refractivity contribution in [1.82, 2.24) is 5.32 Å². The summed E-state index contributed by atoms with van der Waals surface area (Å²) in [6.07, 6.45) is 1.11. The van der Waals surface area contributed by atoms with Crippen molar-refractivity contribution in [3.8, 4) is 5.75 Å². The summed E-state index contributed by atoms with van der Waals surface area (Å²) >= 11 is 1.95. The van der Waals surface area contributed by atoms with Crippen LogP contribution in [0.25, 0.3) is 0 Å². The van der Waals surface area contributed by atoms with Gasteiger partial charge in [0.25, 0.3) is 0 Å². The van der Waals surface area contributed by atoms with Gasteiger partial charge in [0.15, 0.2) is 0 Å². The molecule has 0 radical (unpaired) electrons. The normalized spacial score (nSPS) is 12.4. The summed E-state index contributed by atoms with van der Waals surface area (Å²) in [5.74, 6) is 3.11. The molecule has 1 aromatic rings. The van der Waals surface area contributed by atoms with Crippen LogP contribution in [0.3, 0.4) is 0 Å². The van der Waals surface area contributed by atoms with Crippen molar-refractivity contribution in [2.75, 3.05) is 39.4 Å². The molecular formula is C14H23NO2S. The molecule has 1 unspecified atom stereocenters. The van der Waals surface area contributed by atoms with Crippen molar-refractivity contribution in [3.63, 3.8) is 0 Å². The Bertz CT molecular complexity index is 333. The maximum absolute atomic E-state index is 5.26. The van der Waals surface area contributed by atoms with Crippen LogP contribution in [0.4, 0.5) is 0 Å². The van der Waals surface area contributed by atoms with E-state index < -0.39 is 0 Å². The van der Waals surface area contributed by atoms with Gasteiger partial charge in [-0.3, -0.25) is 0 Å². The minimum Gasteiger partial charge on any atom is -0.497 e. The van der Waals surface area contributed by atoms with Crippen LogP contribution in [-0.2, 0) is 4.74 Å². The third-order valence-electron chi connectivity index (χ3n) is 2.77. The van der Waals surface area contributed by atoms with Gasteiger partial charge in [0.05, 0.1) is 7.11 Å². The number of nitrogens with one attached hydrogen (secondary N) is 1. The van der Waals surface area contributed by atoms with E-state index in [9.17, 15) is 0 Å². The molecule has 3 nitrogen and oxygen atoms in total. The monoisotopic (exact) mass is 269 g/mol. The number of hydrogen-bond acceptors (Lipinski definition) is 4. The van der Waals surface area contributed by atoms with Gasteiger partial charge in [-0.05, 0) is 36.9 Å². The standard InChI is InChI=1S/C14H23NO2S/c1-15-14(11-18-9-5-8-16-2)12-6-4-7-13(10-12)17-3/h4,6-7,10,14-15H,5,8-9,11H2,1-3H3. The molecule has 0 bridgehead atoms. The number of benzene rings is 1. The summed E-state index contributed by atoms with van der Waals surface area (Å²) in [5.41, 5.74) is 1.27. The second kappa shape index (κ2) is 9.25. The third kappa shape index (κ3) is 5.29. The van der Waals surface area contributed by atoms with Crippen molar-refractivity contribution in [3.05, 3.63) is 29.8 Å². The molecule has 0 aliphatic heterocycles. The van der Waals surface area contributed by atoms with Gasteiger partial charge in [0.1, 0.15) is 5.75 Å². The second-order valence-electron chi connectivity index (χ2n) is 4.04. The van der Waals surface area contributed by atoms with E-state index in [4.69, 9.17) is 9.47 Å². The molecule has 1 rings (SSSR count). The summed E-state index contributed by atoms with van der Waals surface area (Å²) in [6, 6.07) is 8.61. The maximum atomic E-state index is 5.26. The van der Waals surface area contributed by atoms with Crippen LogP contribution in [-0.4, -0.2) is 39.4 Å². The van der Waals surface area contributed by atoms with Gasteiger partial charge in [0, 0.05) is 25.5 Å². The Kier molecular flexibility index (Phi) is 7.89. The highest BCUT2D eigenvalue weighted by atomic mass is 32.2. The van der Waals surface area contributed by atoms with Gasteiger partial charge < -0.3 is 14.8 Å². The van der Waals surface area contributed by atoms with Gasteiger partial charge >= 0.3 is 0 Å². The Hall–Kier alpha value is -0.710. The molecule has 0 heterocycles. The van der Waals surface area contributed by atoms with Crippen molar-refractivity contribution in [2.24, 2.45) is 0 Å². The lowest BCUT2D eigenvalue weighted by Crippen LogP contribution is -2.19. The van der Waals surface area contributed by atoms with Crippen LogP contribution in [0.2, 0.25) is 0 Å². The second-order valence-corrected chi connectivity index (χ2v) is 5.19. The fourth-order valence-electron chi connectivity index (χ4n) is 1.71. The van der Waals surface area contributed by atoms with E-state index in [1.807, 2.05) is 30.9 Å². The largest absolute Gasteiger partial charge is 0.497 e. The van der Waals surface area contributed by atoms with Gasteiger partial charge in [-0.25, -0.2) is 0 Å². The van der Waals surface area contributed by atoms with Gasteiger partial charge in [-0.1, -0.05) is 12.1 Å². The first-order chi connectivity index (χ1) is 8.81. The number of thioether (sulfide) groups is 1. The van der Waals surface area contributed by atoms with Crippen LogP contribution in [0.1, 0.15) is 18.0 Å². The topological polar surface area (TPSA) is 30.5 Å². The lowest BCUT2D eigenvalue weighted by atomic mass is 10.1. The summed E-state index contributed by atoms with van der Waals surface area (Å²) in [7, 11) is 5.45. The summed E-state index contributed by atoms with van der Waals surface area (Å²) < 4.78 is 10.3. The van der Waals surface area contributed by atoms with Crippen LogP contribution >= 0.6 is 11.8 Å². The SMILES string of the molecule is CNC(CSCCCOC)c1cccc(OC)c1. The molecule has 0 aromatic heterocycles. The van der Waals surface area contributed by atoms with E-state index in [1.54, 1.807) is 14.2 Å². The first-order valence-corrected chi connectivity index (χ1v) is 7.35. The third-order valence-corrected chi connectivity index (χ3v) is 3.91. The molecule has 1 atom stereocenters. The molecule has 0 aliphatic rings. The fourth-order valence-corrected chi connectivity index (χ4v) is 2.79. The zero-order valence-electron chi connectivity index (χ0n) is 11.4. The van der Waals surface area contributed by atoms with Gasteiger partial charge in [-0.2, -0.15) is 11.8 Å². The van der Waals surface area contributed by atoms with E-state index in [2.05, 4.69) is 17.4 Å². The Morgan fingerprint density at radius 1 is 1.33 bits per heavy atom. The molecule has 0 spiro atoms. The van der Waals surface area contributed by atoms with Crippen LogP contribution in [0.15, 0.2) is 24.3 Å². The lowest BCUT2D eigenvalue weighted by molar-refractivity contribution is 0.200. The number of methoxy groups -OCH3 is 2. The summed E-state index contributed by atoms with van der Waals surface area (Å²) in [5, 5.41) is 3.35. The lowest BCUT2D eigenvalue weighted by Gasteiger charge is -2.17. The average molecular weight is 269 g/mol. The van der Waals surface area contributed by atoms with E-state index in [0.717, 1.165) is 30.3 Å². The summed E-state index contributed by atoms with van der Waals surface area (Å²) in [6.45, 7) is 0.844. The van der Waals surface area contributed by atoms with E-state index in [1.165, 1.54) is 5.56 Å².